The molecule has 0 saturated heterocycles. The monoisotopic (exact) mass is 410 g/mol. The first-order valence-electron chi connectivity index (χ1n) is 10.6. The maximum atomic E-state index is 14.7. The summed E-state index contributed by atoms with van der Waals surface area (Å²) in [6, 6.07) is 10.7. The molecule has 1 aliphatic carbocycles. The van der Waals surface area contributed by atoms with Crippen LogP contribution < -0.4 is 0 Å². The zero-order valence-corrected chi connectivity index (χ0v) is 17.6. The average molecular weight is 411 g/mol. The second kappa shape index (κ2) is 9.84. The van der Waals surface area contributed by atoms with Crippen LogP contribution in [0.15, 0.2) is 54.1 Å². The minimum atomic E-state index is -1.06. The molecule has 2 aromatic carbocycles. The van der Waals surface area contributed by atoms with Crippen LogP contribution in [0.4, 0.5) is 8.78 Å². The van der Waals surface area contributed by atoms with Crippen molar-refractivity contribution in [1.82, 2.24) is 0 Å². The highest BCUT2D eigenvalue weighted by Gasteiger charge is 2.18. The summed E-state index contributed by atoms with van der Waals surface area (Å²) < 4.78 is 29.4. The molecule has 0 aromatic heterocycles. The molecule has 1 aliphatic rings. The predicted molar refractivity (Wildman–Crippen MR) is 118 cm³/mol. The van der Waals surface area contributed by atoms with Gasteiger partial charge in [-0.05, 0) is 49.3 Å². The lowest BCUT2D eigenvalue weighted by Gasteiger charge is -2.22. The van der Waals surface area contributed by atoms with E-state index in [9.17, 15) is 18.7 Å². The lowest BCUT2D eigenvalue weighted by molar-refractivity contribution is 0.0985. The van der Waals surface area contributed by atoms with Crippen LogP contribution in [0.1, 0.15) is 85.3 Å². The lowest BCUT2D eigenvalue weighted by atomic mass is 9.83. The lowest BCUT2D eigenvalue weighted by Crippen LogP contribution is -2.04. The number of allylic oxidation sites excluding steroid dienone is 2. The second-order valence-corrected chi connectivity index (χ2v) is 7.84. The standard InChI is InChI=1S/C26H28F2O2/c1-3-5-17-6-8-18(9-7-17)19-10-12-20(13-11-19)25(27)26(28)21-14-15-22(23(29)4-2)24(30)16-21/h6,10-16,18,30H,3-5,7-9H2,1-2H3/b26-25+. The molecule has 2 aromatic rings. The van der Waals surface area contributed by atoms with E-state index in [2.05, 4.69) is 13.0 Å². The van der Waals surface area contributed by atoms with E-state index in [1.807, 2.05) is 12.1 Å². The Kier molecular flexibility index (Phi) is 7.20. The Balaban J connectivity index is 1.78. The third kappa shape index (κ3) is 4.86. The predicted octanol–water partition coefficient (Wildman–Crippen LogP) is 7.74. The van der Waals surface area contributed by atoms with Crippen molar-refractivity contribution in [2.24, 2.45) is 0 Å². The first-order valence-corrected chi connectivity index (χ1v) is 10.6. The third-order valence-electron chi connectivity index (χ3n) is 5.78. The summed E-state index contributed by atoms with van der Waals surface area (Å²) in [7, 11) is 0. The molecule has 158 valence electrons. The molecule has 0 amide bonds. The molecule has 1 N–H and O–H groups in total. The van der Waals surface area contributed by atoms with Gasteiger partial charge in [0.05, 0.1) is 5.56 Å². The SMILES string of the molecule is CCCC1=CCC(c2ccc(/C(F)=C(\F)c3ccc(C(=O)CC)c(O)c3)cc2)CC1. The normalized spacial score (nSPS) is 17.3. The summed E-state index contributed by atoms with van der Waals surface area (Å²) in [5.74, 6) is -2.22. The minimum Gasteiger partial charge on any atom is -0.507 e. The van der Waals surface area contributed by atoms with Crippen molar-refractivity contribution >= 4 is 17.4 Å². The second-order valence-electron chi connectivity index (χ2n) is 7.84. The van der Waals surface area contributed by atoms with Gasteiger partial charge in [0.25, 0.3) is 0 Å². The number of benzene rings is 2. The number of hydrogen-bond donors (Lipinski definition) is 1. The number of aromatic hydroxyl groups is 1. The maximum absolute atomic E-state index is 14.7. The van der Waals surface area contributed by atoms with Gasteiger partial charge in [0, 0.05) is 17.5 Å². The van der Waals surface area contributed by atoms with Gasteiger partial charge < -0.3 is 5.11 Å². The largest absolute Gasteiger partial charge is 0.507 e. The summed E-state index contributed by atoms with van der Waals surface area (Å²) in [4.78, 5) is 11.7. The van der Waals surface area contributed by atoms with Gasteiger partial charge in [-0.15, -0.1) is 0 Å². The highest BCUT2D eigenvalue weighted by molar-refractivity contribution is 5.99. The summed E-state index contributed by atoms with van der Waals surface area (Å²) in [6.07, 6.45) is 8.04. The van der Waals surface area contributed by atoms with E-state index in [4.69, 9.17) is 0 Å². The molecule has 2 nitrogen and oxygen atoms in total. The summed E-state index contributed by atoms with van der Waals surface area (Å²) in [5, 5.41) is 9.99. The number of ketones is 1. The zero-order chi connectivity index (χ0) is 21.7. The number of Topliss-reactive ketones (excluding diaryl/α,β-unsaturated/α-hetero) is 1. The fourth-order valence-electron chi connectivity index (χ4n) is 3.99. The van der Waals surface area contributed by atoms with Crippen LogP contribution in [0.5, 0.6) is 5.75 Å². The number of halogens is 2. The molecule has 0 spiro atoms. The molecule has 30 heavy (non-hydrogen) atoms. The number of phenols is 1. The van der Waals surface area contributed by atoms with Crippen LogP contribution in [-0.4, -0.2) is 10.9 Å². The molecule has 4 heteroatoms. The van der Waals surface area contributed by atoms with Crippen molar-refractivity contribution in [3.8, 4) is 5.75 Å². The van der Waals surface area contributed by atoms with E-state index in [0.29, 0.717) is 5.92 Å². The Hall–Kier alpha value is -2.75. The van der Waals surface area contributed by atoms with Crippen LogP contribution in [0.25, 0.3) is 11.7 Å². The van der Waals surface area contributed by atoms with Gasteiger partial charge in [0.15, 0.2) is 17.4 Å². The van der Waals surface area contributed by atoms with Gasteiger partial charge in [-0.25, -0.2) is 8.78 Å². The Morgan fingerprint density at radius 2 is 1.70 bits per heavy atom. The van der Waals surface area contributed by atoms with Crippen molar-refractivity contribution in [2.75, 3.05) is 0 Å². The van der Waals surface area contributed by atoms with Gasteiger partial charge in [0.1, 0.15) is 5.75 Å². The first-order chi connectivity index (χ1) is 14.4. The molecule has 3 rings (SSSR count). The van der Waals surface area contributed by atoms with Crippen LogP contribution in [0.3, 0.4) is 0 Å². The number of phenolic OH excluding ortho intramolecular Hbond substituents is 1. The molecule has 0 bridgehead atoms. The summed E-state index contributed by atoms with van der Waals surface area (Å²) in [6.45, 7) is 3.86. The van der Waals surface area contributed by atoms with Gasteiger partial charge in [-0.2, -0.15) is 0 Å². The van der Waals surface area contributed by atoms with Crippen molar-refractivity contribution in [2.45, 2.75) is 58.3 Å². The molecule has 0 aliphatic heterocycles. The van der Waals surface area contributed by atoms with Crippen molar-refractivity contribution in [3.05, 3.63) is 76.4 Å². The van der Waals surface area contributed by atoms with Crippen LogP contribution in [-0.2, 0) is 0 Å². The zero-order valence-electron chi connectivity index (χ0n) is 17.6. The van der Waals surface area contributed by atoms with E-state index in [0.717, 1.165) is 43.7 Å². The van der Waals surface area contributed by atoms with E-state index < -0.39 is 11.7 Å². The number of carbonyl (C=O) groups excluding carboxylic acids is 1. The molecule has 0 saturated carbocycles. The Labute approximate surface area is 176 Å². The highest BCUT2D eigenvalue weighted by atomic mass is 19.2. The average Bonchev–Trinajstić information content (AvgIpc) is 2.78. The molecular formula is C26H28F2O2. The van der Waals surface area contributed by atoms with Crippen LogP contribution in [0.2, 0.25) is 0 Å². The molecule has 0 radical (unpaired) electrons. The van der Waals surface area contributed by atoms with Crippen molar-refractivity contribution < 1.29 is 18.7 Å². The van der Waals surface area contributed by atoms with Crippen molar-refractivity contribution in [1.29, 1.82) is 0 Å². The van der Waals surface area contributed by atoms with Crippen LogP contribution >= 0.6 is 0 Å². The van der Waals surface area contributed by atoms with Crippen LogP contribution in [0, 0.1) is 0 Å². The summed E-state index contributed by atoms with van der Waals surface area (Å²) in [5.41, 5.74) is 2.84. The summed E-state index contributed by atoms with van der Waals surface area (Å²) >= 11 is 0. The molecular weight excluding hydrogens is 382 g/mol. The molecule has 0 fully saturated rings. The number of rotatable bonds is 7. The maximum Gasteiger partial charge on any atom is 0.166 e. The number of carbonyl (C=O) groups is 1. The van der Waals surface area contributed by atoms with E-state index in [1.165, 1.54) is 17.7 Å². The van der Waals surface area contributed by atoms with Gasteiger partial charge in [0.2, 0.25) is 0 Å². The Morgan fingerprint density at radius 3 is 2.27 bits per heavy atom. The number of hydrogen-bond acceptors (Lipinski definition) is 2. The fraction of sp³-hybridized carbons (Fsp3) is 0.346. The smallest absolute Gasteiger partial charge is 0.166 e. The van der Waals surface area contributed by atoms with Gasteiger partial charge >= 0.3 is 0 Å². The van der Waals surface area contributed by atoms with E-state index in [-0.39, 0.29) is 34.6 Å². The first kappa shape index (κ1) is 21.9. The van der Waals surface area contributed by atoms with E-state index >= 15 is 0 Å². The third-order valence-corrected chi connectivity index (χ3v) is 5.78. The van der Waals surface area contributed by atoms with E-state index in [1.54, 1.807) is 19.1 Å². The highest BCUT2D eigenvalue weighted by Crippen LogP contribution is 2.36. The molecule has 1 atom stereocenters. The Morgan fingerprint density at radius 1 is 1.03 bits per heavy atom. The van der Waals surface area contributed by atoms with Crippen molar-refractivity contribution in [3.63, 3.8) is 0 Å². The minimum absolute atomic E-state index is 0.0948. The fourth-order valence-corrected chi connectivity index (χ4v) is 3.99. The molecule has 1 unspecified atom stereocenters. The molecule has 0 heterocycles. The van der Waals surface area contributed by atoms with Gasteiger partial charge in [-0.1, -0.05) is 62.2 Å². The van der Waals surface area contributed by atoms with Gasteiger partial charge in [-0.3, -0.25) is 4.79 Å². The topological polar surface area (TPSA) is 37.3 Å². The Bertz CT molecular complexity index is 971. The quantitative estimate of drug-likeness (QED) is 0.288.